The van der Waals surface area contributed by atoms with Gasteiger partial charge in [0.05, 0.1) is 0 Å². The molecule has 0 aliphatic heterocycles. The Morgan fingerprint density at radius 1 is 1.29 bits per heavy atom. The fourth-order valence-corrected chi connectivity index (χ4v) is 1.90. The number of nitrogens with zero attached hydrogens (tertiary/aromatic N) is 1. The van der Waals surface area contributed by atoms with Gasteiger partial charge in [-0.25, -0.2) is 0 Å². The van der Waals surface area contributed by atoms with Crippen molar-refractivity contribution in [1.29, 1.82) is 0 Å². The van der Waals surface area contributed by atoms with Gasteiger partial charge in [0.1, 0.15) is 0 Å². The molecule has 0 N–H and O–H groups in total. The molecule has 0 saturated carbocycles. The van der Waals surface area contributed by atoms with Crippen LogP contribution in [0.2, 0.25) is 0 Å². The van der Waals surface area contributed by atoms with Crippen LogP contribution >= 0.6 is 0 Å². The van der Waals surface area contributed by atoms with E-state index in [1.807, 2.05) is 0 Å². The van der Waals surface area contributed by atoms with Gasteiger partial charge in [0.25, 0.3) is 0 Å². The van der Waals surface area contributed by atoms with Gasteiger partial charge in [-0.1, -0.05) is 0 Å². The van der Waals surface area contributed by atoms with E-state index in [1.165, 1.54) is 16.4 Å². The van der Waals surface area contributed by atoms with Crippen molar-refractivity contribution in [2.24, 2.45) is 0 Å². The average Bonchev–Trinajstić information content (AvgIpc) is 2.44. The van der Waals surface area contributed by atoms with E-state index in [0.717, 1.165) is 0 Å². The van der Waals surface area contributed by atoms with Crippen LogP contribution in [0.25, 0.3) is 10.8 Å². The first-order valence-electron chi connectivity index (χ1n) is 5.07. The first kappa shape index (κ1) is 9.51. The summed E-state index contributed by atoms with van der Waals surface area (Å²) in [5, 5.41) is 1.36. The van der Waals surface area contributed by atoms with Crippen molar-refractivity contribution < 1.29 is 0 Å². The van der Waals surface area contributed by atoms with E-state index in [0.29, 0.717) is 0 Å². The molecule has 0 fully saturated rings. The van der Waals surface area contributed by atoms with E-state index in [-0.39, 0.29) is 5.54 Å². The van der Waals surface area contributed by atoms with Crippen molar-refractivity contribution >= 4 is 17.7 Å². The van der Waals surface area contributed by atoms with E-state index in [2.05, 4.69) is 63.5 Å². The van der Waals surface area contributed by atoms with Crippen LogP contribution in [-0.4, -0.2) is 11.5 Å². The third-order valence-corrected chi connectivity index (χ3v) is 2.63. The Balaban J connectivity index is 2.80. The van der Waals surface area contributed by atoms with Gasteiger partial charge in [0.2, 0.25) is 0 Å². The Bertz CT molecular complexity index is 463. The maximum atomic E-state index is 2.34. The number of rotatable bonds is 0. The minimum atomic E-state index is 0.161. The Morgan fingerprint density at radius 2 is 2.00 bits per heavy atom. The van der Waals surface area contributed by atoms with Gasteiger partial charge in [0, 0.05) is 0 Å². The van der Waals surface area contributed by atoms with E-state index in [9.17, 15) is 0 Å². The molecule has 2 rings (SSSR count). The number of hydrogen-bond acceptors (Lipinski definition) is 0. The van der Waals surface area contributed by atoms with Crippen LogP contribution in [0.3, 0.4) is 0 Å². The molecule has 2 aromatic rings. The van der Waals surface area contributed by atoms with Crippen LogP contribution < -0.4 is 0 Å². The topological polar surface area (TPSA) is 4.93 Å². The maximum absolute atomic E-state index is 2.34. The van der Waals surface area contributed by atoms with Crippen LogP contribution in [-0.2, 0) is 5.54 Å². The zero-order valence-corrected chi connectivity index (χ0v) is 9.33. The Kier molecular flexibility index (Phi) is 2.02. The van der Waals surface area contributed by atoms with E-state index in [4.69, 9.17) is 0 Å². The van der Waals surface area contributed by atoms with Crippen molar-refractivity contribution in [3.8, 4) is 0 Å². The summed E-state index contributed by atoms with van der Waals surface area (Å²) < 4.78 is 2.34. The molecule has 0 atom stereocenters. The normalized spacial score (nSPS) is 12.0. The molecule has 0 amide bonds. The predicted octanol–water partition coefficient (Wildman–Crippen LogP) is 3.04. The summed E-state index contributed by atoms with van der Waals surface area (Å²) in [5.74, 6) is 2.10. The first-order valence-corrected chi connectivity index (χ1v) is 5.07. The van der Waals surface area contributed by atoms with Crippen molar-refractivity contribution in [3.05, 3.63) is 29.9 Å². The van der Waals surface area contributed by atoms with E-state index >= 15 is 0 Å². The van der Waals surface area contributed by atoms with Gasteiger partial charge >= 0.3 is 85.4 Å². The van der Waals surface area contributed by atoms with Crippen LogP contribution in [0.5, 0.6) is 0 Å². The quantitative estimate of drug-likeness (QED) is 0.594. The second-order valence-electron chi connectivity index (χ2n) is 4.87. The van der Waals surface area contributed by atoms with E-state index in [1.54, 1.807) is 0 Å². The zero-order valence-electron chi connectivity index (χ0n) is 9.33. The molecule has 0 aliphatic carbocycles. The molecule has 1 nitrogen and oxygen atoms in total. The van der Waals surface area contributed by atoms with Crippen molar-refractivity contribution in [3.63, 3.8) is 0 Å². The summed E-state index contributed by atoms with van der Waals surface area (Å²) in [5.41, 5.74) is 2.85. The average molecular weight is 185 g/mol. The van der Waals surface area contributed by atoms with Gasteiger partial charge in [-0.15, -0.1) is 0 Å². The van der Waals surface area contributed by atoms with Gasteiger partial charge in [-0.05, 0) is 0 Å². The molecule has 2 aromatic heterocycles. The Hall–Kier alpha value is -1.05. The summed E-state index contributed by atoms with van der Waals surface area (Å²) in [6, 6.07) is 4.29. The summed E-state index contributed by atoms with van der Waals surface area (Å²) in [7, 11) is 0. The molecule has 2 heterocycles. The standard InChI is InChI=1S/C12H16BN/c1-9-8-14(12(2,3)4)11-10(9)6-5-7-13-11/h5-8H,1-4H3. The van der Waals surface area contributed by atoms with E-state index < -0.39 is 0 Å². The monoisotopic (exact) mass is 185 g/mol. The third-order valence-electron chi connectivity index (χ3n) is 2.63. The van der Waals surface area contributed by atoms with Crippen LogP contribution in [0.15, 0.2) is 24.3 Å². The number of aromatic nitrogens is 1. The molecule has 0 aliphatic rings. The molecular formula is C12H16BN. The van der Waals surface area contributed by atoms with Crippen molar-refractivity contribution in [2.45, 2.75) is 33.2 Å². The molecule has 0 aromatic carbocycles. The SMILES string of the molecule is Cc1cn(C(C)(C)C)c2bcccc12. The predicted molar refractivity (Wildman–Crippen MR) is 63.0 cm³/mol. The van der Waals surface area contributed by atoms with Gasteiger partial charge < -0.3 is 0 Å². The third kappa shape index (κ3) is 1.39. The zero-order chi connectivity index (χ0) is 10.3. The summed E-state index contributed by atoms with van der Waals surface area (Å²) in [4.78, 5) is 0. The second-order valence-corrected chi connectivity index (χ2v) is 4.87. The summed E-state index contributed by atoms with van der Waals surface area (Å²) in [6.45, 7) is 11.1. The molecule has 0 spiro atoms. The van der Waals surface area contributed by atoms with Crippen LogP contribution in [0.1, 0.15) is 26.3 Å². The molecule has 72 valence electrons. The van der Waals surface area contributed by atoms with Gasteiger partial charge in [-0.3, -0.25) is 0 Å². The summed E-state index contributed by atoms with van der Waals surface area (Å²) >= 11 is 0. The van der Waals surface area contributed by atoms with Gasteiger partial charge in [0.15, 0.2) is 0 Å². The molecular weight excluding hydrogens is 169 g/mol. The number of hydrogen-bond donors (Lipinski definition) is 0. The Morgan fingerprint density at radius 3 is 2.64 bits per heavy atom. The number of aryl methyl sites for hydroxylation is 1. The number of fused-ring (bicyclic) bond motifs is 1. The fraction of sp³-hybridized carbons (Fsp3) is 0.417. The summed E-state index contributed by atoms with van der Waals surface area (Å²) in [6.07, 6.45) is 2.24. The van der Waals surface area contributed by atoms with Crippen LogP contribution in [0, 0.1) is 6.92 Å². The van der Waals surface area contributed by atoms with Crippen LogP contribution in [0.4, 0.5) is 0 Å². The van der Waals surface area contributed by atoms with Gasteiger partial charge in [-0.2, -0.15) is 0 Å². The molecule has 2 heteroatoms. The minimum absolute atomic E-state index is 0.161. The van der Waals surface area contributed by atoms with Crippen molar-refractivity contribution in [1.82, 2.24) is 4.57 Å². The molecule has 0 saturated heterocycles. The Labute approximate surface area is 86.0 Å². The fourth-order valence-electron chi connectivity index (χ4n) is 1.90. The molecule has 14 heavy (non-hydrogen) atoms. The first-order chi connectivity index (χ1) is 6.50. The molecule has 0 radical (unpaired) electrons. The molecule has 0 unspecified atom stereocenters. The second kappa shape index (κ2) is 2.98. The molecule has 0 bridgehead atoms. The van der Waals surface area contributed by atoms with Crippen molar-refractivity contribution in [2.75, 3.05) is 0 Å².